The zero-order valence-electron chi connectivity index (χ0n) is 12.1. The van der Waals surface area contributed by atoms with Crippen LogP contribution in [0.3, 0.4) is 0 Å². The van der Waals surface area contributed by atoms with E-state index < -0.39 is 0 Å². The third-order valence-corrected chi connectivity index (χ3v) is 2.77. The van der Waals surface area contributed by atoms with Crippen molar-refractivity contribution < 1.29 is 4.74 Å². The van der Waals surface area contributed by atoms with Gasteiger partial charge in [0.2, 0.25) is 0 Å². The van der Waals surface area contributed by atoms with Crippen LogP contribution < -0.4 is 10.1 Å². The highest BCUT2D eigenvalue weighted by Gasteiger charge is 2.03. The summed E-state index contributed by atoms with van der Waals surface area (Å²) in [4.78, 5) is 4.15. The Kier molecular flexibility index (Phi) is 5.55. The summed E-state index contributed by atoms with van der Waals surface area (Å²) >= 11 is 0. The molecule has 0 saturated carbocycles. The Morgan fingerprint density at radius 2 is 2.05 bits per heavy atom. The maximum absolute atomic E-state index is 5.53. The van der Waals surface area contributed by atoms with E-state index in [0.717, 1.165) is 25.2 Å². The van der Waals surface area contributed by atoms with E-state index in [1.807, 2.05) is 30.3 Å². The molecule has 5 heteroatoms. The van der Waals surface area contributed by atoms with E-state index >= 15 is 0 Å². The van der Waals surface area contributed by atoms with Gasteiger partial charge in [0.1, 0.15) is 6.33 Å². The maximum atomic E-state index is 5.53. The van der Waals surface area contributed by atoms with Crippen molar-refractivity contribution in [3.63, 3.8) is 0 Å². The predicted molar refractivity (Wildman–Crippen MR) is 79.2 cm³/mol. The smallest absolute Gasteiger partial charge is 0.335 e. The minimum atomic E-state index is 0.428. The molecular weight excluding hydrogens is 252 g/mol. The Labute approximate surface area is 120 Å². The topological polar surface area (TPSA) is 52.0 Å². The normalized spacial score (nSPS) is 10.9. The first-order valence-corrected chi connectivity index (χ1v) is 7.06. The van der Waals surface area contributed by atoms with Crippen molar-refractivity contribution in [3.05, 3.63) is 36.7 Å². The summed E-state index contributed by atoms with van der Waals surface area (Å²) in [5.74, 6) is 0.680. The van der Waals surface area contributed by atoms with Gasteiger partial charge >= 0.3 is 6.01 Å². The van der Waals surface area contributed by atoms with Crippen LogP contribution in [-0.2, 0) is 0 Å². The third kappa shape index (κ3) is 4.66. The lowest BCUT2D eigenvalue weighted by Crippen LogP contribution is -2.22. The van der Waals surface area contributed by atoms with Crippen molar-refractivity contribution in [2.45, 2.75) is 20.3 Å². The van der Waals surface area contributed by atoms with E-state index in [0.29, 0.717) is 18.5 Å². The summed E-state index contributed by atoms with van der Waals surface area (Å²) in [6.07, 6.45) is 2.62. The van der Waals surface area contributed by atoms with Crippen molar-refractivity contribution in [3.8, 4) is 11.7 Å². The van der Waals surface area contributed by atoms with Crippen LogP contribution in [-0.4, -0.2) is 34.5 Å². The van der Waals surface area contributed by atoms with Gasteiger partial charge in [-0.2, -0.15) is 4.98 Å². The second kappa shape index (κ2) is 7.65. The number of rotatable bonds is 8. The van der Waals surface area contributed by atoms with Gasteiger partial charge in [-0.1, -0.05) is 32.0 Å². The average Bonchev–Trinajstić information content (AvgIpc) is 2.92. The standard InChI is InChI=1S/C15H22N4O/c1-13(2)11-16-9-6-10-20-15-17-12-19(18-15)14-7-4-3-5-8-14/h3-5,7-8,12-13,16H,6,9-11H2,1-2H3. The number of nitrogens with one attached hydrogen (secondary N) is 1. The van der Waals surface area contributed by atoms with E-state index in [4.69, 9.17) is 4.74 Å². The average molecular weight is 274 g/mol. The largest absolute Gasteiger partial charge is 0.462 e. The maximum Gasteiger partial charge on any atom is 0.335 e. The Morgan fingerprint density at radius 1 is 1.25 bits per heavy atom. The van der Waals surface area contributed by atoms with Crippen LogP contribution >= 0.6 is 0 Å². The lowest BCUT2D eigenvalue weighted by molar-refractivity contribution is 0.284. The second-order valence-corrected chi connectivity index (χ2v) is 5.11. The van der Waals surface area contributed by atoms with Crippen molar-refractivity contribution in [2.75, 3.05) is 19.7 Å². The Morgan fingerprint density at radius 3 is 2.80 bits per heavy atom. The number of benzene rings is 1. The molecular formula is C15H22N4O. The molecule has 108 valence electrons. The molecule has 0 bridgehead atoms. The fraction of sp³-hybridized carbons (Fsp3) is 0.467. The van der Waals surface area contributed by atoms with Crippen molar-refractivity contribution in [2.24, 2.45) is 5.92 Å². The SMILES string of the molecule is CC(C)CNCCCOc1ncn(-c2ccccc2)n1. The molecule has 0 atom stereocenters. The van der Waals surface area contributed by atoms with Gasteiger partial charge in [-0.05, 0) is 37.6 Å². The second-order valence-electron chi connectivity index (χ2n) is 5.11. The van der Waals surface area contributed by atoms with Gasteiger partial charge in [0.25, 0.3) is 0 Å². The highest BCUT2D eigenvalue weighted by Crippen LogP contribution is 2.08. The first-order valence-electron chi connectivity index (χ1n) is 7.06. The molecule has 0 aliphatic heterocycles. The van der Waals surface area contributed by atoms with Crippen LogP contribution in [0.5, 0.6) is 6.01 Å². The van der Waals surface area contributed by atoms with Crippen molar-refractivity contribution in [1.29, 1.82) is 0 Å². The molecule has 2 aromatic rings. The van der Waals surface area contributed by atoms with Crippen LogP contribution in [0.1, 0.15) is 20.3 Å². The van der Waals surface area contributed by atoms with E-state index in [2.05, 4.69) is 29.2 Å². The van der Waals surface area contributed by atoms with Gasteiger partial charge in [0, 0.05) is 0 Å². The van der Waals surface area contributed by atoms with Crippen molar-refractivity contribution >= 4 is 0 Å². The molecule has 20 heavy (non-hydrogen) atoms. The third-order valence-electron chi connectivity index (χ3n) is 2.77. The summed E-state index contributed by atoms with van der Waals surface area (Å²) in [5.41, 5.74) is 0.980. The Hall–Kier alpha value is -1.88. The van der Waals surface area contributed by atoms with Crippen LogP contribution in [0.15, 0.2) is 36.7 Å². The number of aromatic nitrogens is 3. The van der Waals surface area contributed by atoms with Crippen LogP contribution in [0.2, 0.25) is 0 Å². The lowest BCUT2D eigenvalue weighted by atomic mass is 10.2. The molecule has 0 fully saturated rings. The Bertz CT molecular complexity index is 496. The van der Waals surface area contributed by atoms with E-state index in [1.54, 1.807) is 11.0 Å². The molecule has 0 amide bonds. The van der Waals surface area contributed by atoms with Gasteiger partial charge in [-0.25, -0.2) is 4.68 Å². The predicted octanol–water partition coefficient (Wildman–Crippen LogP) is 2.28. The molecule has 0 unspecified atom stereocenters. The van der Waals surface area contributed by atoms with Gasteiger partial charge in [-0.3, -0.25) is 0 Å². The molecule has 0 spiro atoms. The highest BCUT2D eigenvalue weighted by molar-refractivity contribution is 5.29. The van der Waals surface area contributed by atoms with Gasteiger partial charge < -0.3 is 10.1 Å². The van der Waals surface area contributed by atoms with Crippen LogP contribution in [0.4, 0.5) is 0 Å². The number of nitrogens with zero attached hydrogens (tertiary/aromatic N) is 3. The van der Waals surface area contributed by atoms with Crippen LogP contribution in [0, 0.1) is 5.92 Å². The number of hydrogen-bond donors (Lipinski definition) is 1. The van der Waals surface area contributed by atoms with E-state index in [-0.39, 0.29) is 0 Å². The molecule has 1 N–H and O–H groups in total. The van der Waals surface area contributed by atoms with Gasteiger partial charge in [-0.15, -0.1) is 5.10 Å². The zero-order valence-corrected chi connectivity index (χ0v) is 12.1. The lowest BCUT2D eigenvalue weighted by Gasteiger charge is -2.06. The Balaban J connectivity index is 1.71. The minimum absolute atomic E-state index is 0.428. The first-order chi connectivity index (χ1) is 9.75. The van der Waals surface area contributed by atoms with Gasteiger partial charge in [0.05, 0.1) is 12.3 Å². The highest BCUT2D eigenvalue weighted by atomic mass is 16.5. The summed E-state index contributed by atoms with van der Waals surface area (Å²) in [6.45, 7) is 7.02. The quantitative estimate of drug-likeness (QED) is 0.750. The zero-order chi connectivity index (χ0) is 14.2. The fourth-order valence-corrected chi connectivity index (χ4v) is 1.77. The van der Waals surface area contributed by atoms with E-state index in [1.165, 1.54) is 0 Å². The summed E-state index contributed by atoms with van der Waals surface area (Å²) < 4.78 is 7.25. The minimum Gasteiger partial charge on any atom is -0.462 e. The summed E-state index contributed by atoms with van der Waals surface area (Å²) in [5, 5.41) is 7.67. The number of para-hydroxylation sites is 1. The number of ether oxygens (including phenoxy) is 1. The monoisotopic (exact) mass is 274 g/mol. The summed E-state index contributed by atoms with van der Waals surface area (Å²) in [6, 6.07) is 10.3. The molecule has 1 aromatic carbocycles. The molecule has 0 aliphatic carbocycles. The molecule has 0 saturated heterocycles. The molecule has 1 aromatic heterocycles. The van der Waals surface area contributed by atoms with Crippen molar-refractivity contribution in [1.82, 2.24) is 20.1 Å². The molecule has 5 nitrogen and oxygen atoms in total. The van der Waals surface area contributed by atoms with Gasteiger partial charge in [0.15, 0.2) is 0 Å². The first kappa shape index (κ1) is 14.5. The fourth-order valence-electron chi connectivity index (χ4n) is 1.77. The number of hydrogen-bond acceptors (Lipinski definition) is 4. The summed E-state index contributed by atoms with van der Waals surface area (Å²) in [7, 11) is 0. The molecule has 2 rings (SSSR count). The van der Waals surface area contributed by atoms with E-state index in [9.17, 15) is 0 Å². The molecule has 0 radical (unpaired) electrons. The molecule has 1 heterocycles. The van der Waals surface area contributed by atoms with Crippen LogP contribution in [0.25, 0.3) is 5.69 Å². The molecule has 0 aliphatic rings.